The average Bonchev–Trinajstić information content (AvgIpc) is 3.14. The third-order valence-electron chi connectivity index (χ3n) is 4.71. The van der Waals surface area contributed by atoms with Crippen LogP contribution in [0.3, 0.4) is 0 Å². The van der Waals surface area contributed by atoms with E-state index in [1.54, 1.807) is 28.9 Å². The fourth-order valence-electron chi connectivity index (χ4n) is 3.15. The van der Waals surface area contributed by atoms with Crippen molar-refractivity contribution in [1.29, 1.82) is 0 Å². The van der Waals surface area contributed by atoms with Gasteiger partial charge in [0.05, 0.1) is 15.5 Å². The van der Waals surface area contributed by atoms with Crippen molar-refractivity contribution in [3.05, 3.63) is 104 Å². The molecule has 0 fully saturated rings. The van der Waals surface area contributed by atoms with Crippen LogP contribution in [0.15, 0.2) is 78.9 Å². The first-order chi connectivity index (χ1) is 15.4. The molecule has 1 heterocycles. The van der Waals surface area contributed by atoms with E-state index in [4.69, 9.17) is 12.2 Å². The van der Waals surface area contributed by atoms with Gasteiger partial charge in [0, 0.05) is 35.5 Å². The number of nitrogens with zero attached hydrogens (tertiary/aromatic N) is 5. The molecule has 0 bridgehead atoms. The molecule has 0 aliphatic carbocycles. The molecular weight excluding hydrogens is 432 g/mol. The predicted octanol–water partition coefficient (Wildman–Crippen LogP) is 4.96. The Balaban J connectivity index is 1.73. The maximum Gasteiger partial charge on any atom is 0.269 e. The van der Waals surface area contributed by atoms with Crippen LogP contribution < -0.4 is 5.32 Å². The Hall–Kier alpha value is -4.38. The summed E-state index contributed by atoms with van der Waals surface area (Å²) < 4.78 is 3.86. The molecule has 1 aromatic heterocycles. The summed E-state index contributed by atoms with van der Waals surface area (Å²) in [4.78, 5) is 25.5. The summed E-state index contributed by atoms with van der Waals surface area (Å²) in [5.74, 6) is 0.529. The first-order valence-electron chi connectivity index (χ1n) is 9.42. The number of nitro groups is 2. The van der Waals surface area contributed by atoms with Gasteiger partial charge in [-0.05, 0) is 48.6 Å². The van der Waals surface area contributed by atoms with Gasteiger partial charge in [-0.15, -0.1) is 0 Å². The van der Waals surface area contributed by atoms with Crippen LogP contribution in [0, 0.1) is 25.0 Å². The lowest BCUT2D eigenvalue weighted by molar-refractivity contribution is -0.385. The minimum Gasteiger partial charge on any atom is -0.366 e. The molecule has 0 saturated heterocycles. The Kier molecular flexibility index (Phi) is 5.73. The topological polar surface area (TPSA) is 121 Å². The van der Waals surface area contributed by atoms with Crippen LogP contribution in [0.5, 0.6) is 0 Å². The van der Waals surface area contributed by atoms with Gasteiger partial charge in [-0.3, -0.25) is 20.2 Å². The summed E-state index contributed by atoms with van der Waals surface area (Å²) >= 11 is 5.49. The van der Waals surface area contributed by atoms with Crippen LogP contribution in [0.1, 0.15) is 0 Å². The van der Waals surface area contributed by atoms with Crippen LogP contribution in [0.25, 0.3) is 17.1 Å². The van der Waals surface area contributed by atoms with E-state index < -0.39 is 9.85 Å². The number of benzene rings is 3. The number of aromatic nitrogens is 3. The lowest BCUT2D eigenvalue weighted by atomic mass is 10.2. The predicted molar refractivity (Wildman–Crippen MR) is 121 cm³/mol. The van der Waals surface area contributed by atoms with Crippen molar-refractivity contribution in [1.82, 2.24) is 14.3 Å². The van der Waals surface area contributed by atoms with Crippen molar-refractivity contribution in [2.45, 2.75) is 6.67 Å². The fourth-order valence-corrected chi connectivity index (χ4v) is 3.38. The summed E-state index contributed by atoms with van der Waals surface area (Å²) in [5.41, 5.74) is 2.13. The number of nitro benzene ring substituents is 2. The molecule has 160 valence electrons. The van der Waals surface area contributed by atoms with Crippen LogP contribution >= 0.6 is 12.2 Å². The maximum atomic E-state index is 11.0. The second kappa shape index (κ2) is 8.78. The van der Waals surface area contributed by atoms with E-state index in [9.17, 15) is 20.2 Å². The van der Waals surface area contributed by atoms with Crippen molar-refractivity contribution in [3.8, 4) is 17.1 Å². The summed E-state index contributed by atoms with van der Waals surface area (Å²) in [6, 6.07) is 21.6. The molecule has 3 aromatic carbocycles. The smallest absolute Gasteiger partial charge is 0.269 e. The van der Waals surface area contributed by atoms with E-state index >= 15 is 0 Å². The normalized spacial score (nSPS) is 10.6. The molecule has 11 heteroatoms. The Morgan fingerprint density at radius 3 is 1.97 bits per heavy atom. The Morgan fingerprint density at radius 1 is 0.844 bits per heavy atom. The van der Waals surface area contributed by atoms with Crippen LogP contribution in [0.2, 0.25) is 0 Å². The standard InChI is InChI=1S/C21H16N6O4S/c28-26(29)18-10-6-15(7-11-18)20-23-21(32)24(25(20)17-4-2-1-3-5-17)14-22-16-8-12-19(13-9-16)27(30)31/h1-13,22H,14H2. The van der Waals surface area contributed by atoms with Gasteiger partial charge in [-0.1, -0.05) is 18.2 Å². The third kappa shape index (κ3) is 4.23. The number of hydrogen-bond acceptors (Lipinski definition) is 7. The van der Waals surface area contributed by atoms with Gasteiger partial charge >= 0.3 is 0 Å². The second-order valence-corrected chi connectivity index (χ2v) is 7.07. The van der Waals surface area contributed by atoms with Crippen molar-refractivity contribution >= 4 is 29.3 Å². The Bertz CT molecular complexity index is 1330. The molecule has 1 N–H and O–H groups in total. The van der Waals surface area contributed by atoms with Gasteiger partial charge in [0.25, 0.3) is 11.4 Å². The Morgan fingerprint density at radius 2 is 1.41 bits per heavy atom. The van der Waals surface area contributed by atoms with E-state index in [-0.39, 0.29) is 18.0 Å². The van der Waals surface area contributed by atoms with E-state index in [1.807, 2.05) is 35.0 Å². The molecule has 0 unspecified atom stereocenters. The second-order valence-electron chi connectivity index (χ2n) is 6.71. The number of nitrogens with one attached hydrogen (secondary N) is 1. The summed E-state index contributed by atoms with van der Waals surface area (Å²) in [6.45, 7) is 0.242. The van der Waals surface area contributed by atoms with Gasteiger partial charge < -0.3 is 5.32 Å². The largest absolute Gasteiger partial charge is 0.366 e. The van der Waals surface area contributed by atoms with E-state index in [0.29, 0.717) is 21.8 Å². The number of anilines is 1. The zero-order valence-electron chi connectivity index (χ0n) is 16.5. The van der Waals surface area contributed by atoms with E-state index in [2.05, 4.69) is 10.3 Å². The van der Waals surface area contributed by atoms with Gasteiger partial charge in [-0.2, -0.15) is 4.98 Å². The molecule has 32 heavy (non-hydrogen) atoms. The van der Waals surface area contributed by atoms with Crippen LogP contribution in [0.4, 0.5) is 17.1 Å². The minimum atomic E-state index is -0.458. The zero-order valence-corrected chi connectivity index (χ0v) is 17.3. The number of rotatable bonds is 7. The molecule has 0 aliphatic heterocycles. The monoisotopic (exact) mass is 448 g/mol. The molecule has 0 spiro atoms. The van der Waals surface area contributed by atoms with Crippen molar-refractivity contribution in [3.63, 3.8) is 0 Å². The van der Waals surface area contributed by atoms with Crippen LogP contribution in [-0.4, -0.2) is 24.2 Å². The molecular formula is C21H16N6O4S. The first-order valence-corrected chi connectivity index (χ1v) is 9.83. The highest BCUT2D eigenvalue weighted by Crippen LogP contribution is 2.25. The van der Waals surface area contributed by atoms with Crippen molar-refractivity contribution < 1.29 is 9.85 Å². The van der Waals surface area contributed by atoms with E-state index in [1.165, 1.54) is 24.3 Å². The van der Waals surface area contributed by atoms with E-state index in [0.717, 1.165) is 5.69 Å². The van der Waals surface area contributed by atoms with Gasteiger partial charge in [0.1, 0.15) is 6.67 Å². The quantitative estimate of drug-likeness (QED) is 0.241. The molecule has 4 aromatic rings. The fraction of sp³-hybridized carbons (Fsp3) is 0.0476. The van der Waals surface area contributed by atoms with Gasteiger partial charge in [0.15, 0.2) is 5.82 Å². The molecule has 0 saturated carbocycles. The van der Waals surface area contributed by atoms with Crippen LogP contribution in [-0.2, 0) is 6.67 Å². The summed E-state index contributed by atoms with van der Waals surface area (Å²) in [7, 11) is 0. The number of para-hydroxylation sites is 1. The lowest BCUT2D eigenvalue weighted by Gasteiger charge is -2.15. The van der Waals surface area contributed by atoms with Crippen molar-refractivity contribution in [2.24, 2.45) is 0 Å². The Labute approximate surface area is 186 Å². The van der Waals surface area contributed by atoms with Crippen molar-refractivity contribution in [2.75, 3.05) is 5.32 Å². The zero-order chi connectivity index (χ0) is 22.7. The number of hydrogen-bond donors (Lipinski definition) is 1. The molecule has 0 radical (unpaired) electrons. The third-order valence-corrected chi connectivity index (χ3v) is 5.01. The maximum absolute atomic E-state index is 11.0. The molecule has 10 nitrogen and oxygen atoms in total. The SMILES string of the molecule is O=[N+]([O-])c1ccc(NCn2c(=S)nc(-c3ccc([N+](=O)[O-])cc3)n2-c2ccccc2)cc1. The highest BCUT2D eigenvalue weighted by atomic mass is 32.1. The summed E-state index contributed by atoms with van der Waals surface area (Å²) in [6.07, 6.45) is 0. The molecule has 0 atom stereocenters. The number of non-ortho nitro benzene ring substituents is 2. The van der Waals surface area contributed by atoms with Gasteiger partial charge in [-0.25, -0.2) is 9.36 Å². The first kappa shape index (κ1) is 20.9. The minimum absolute atomic E-state index is 0.00180. The lowest BCUT2D eigenvalue weighted by Crippen LogP contribution is -2.17. The average molecular weight is 448 g/mol. The summed E-state index contributed by atoms with van der Waals surface area (Å²) in [5, 5.41) is 25.0. The van der Waals surface area contributed by atoms with Gasteiger partial charge in [0.2, 0.25) is 4.77 Å². The highest BCUT2D eigenvalue weighted by Gasteiger charge is 2.16. The molecule has 4 rings (SSSR count). The highest BCUT2D eigenvalue weighted by molar-refractivity contribution is 7.71. The molecule has 0 amide bonds. The molecule has 0 aliphatic rings.